The van der Waals surface area contributed by atoms with Gasteiger partial charge in [-0.15, -0.1) is 0 Å². The van der Waals surface area contributed by atoms with Gasteiger partial charge in [0.2, 0.25) is 0 Å². The standard InChI is InChI=1S/C14H17BrN2/c1-3-17-8-4-5-12(17)10-16-14-9-11(2)6-7-13(14)15/h4-9,16H,3,10H2,1-2H3. The number of anilines is 1. The highest BCUT2D eigenvalue weighted by Gasteiger charge is 2.02. The zero-order chi connectivity index (χ0) is 12.3. The van der Waals surface area contributed by atoms with Crippen molar-refractivity contribution in [2.75, 3.05) is 5.32 Å². The first-order valence-corrected chi connectivity index (χ1v) is 6.64. The molecule has 0 bridgehead atoms. The Balaban J connectivity index is 2.09. The predicted octanol–water partition coefficient (Wildman–Crippen LogP) is 4.19. The Morgan fingerprint density at radius 3 is 2.88 bits per heavy atom. The van der Waals surface area contributed by atoms with Crippen molar-refractivity contribution in [1.82, 2.24) is 4.57 Å². The summed E-state index contributed by atoms with van der Waals surface area (Å²) >= 11 is 3.56. The molecule has 1 heterocycles. The van der Waals surface area contributed by atoms with E-state index in [0.717, 1.165) is 23.2 Å². The zero-order valence-corrected chi connectivity index (χ0v) is 11.8. The Bertz CT molecular complexity index is 503. The molecule has 2 rings (SSSR count). The number of hydrogen-bond donors (Lipinski definition) is 1. The number of hydrogen-bond acceptors (Lipinski definition) is 1. The number of halogens is 1. The van der Waals surface area contributed by atoms with Gasteiger partial charge >= 0.3 is 0 Å². The molecule has 1 aromatic heterocycles. The summed E-state index contributed by atoms with van der Waals surface area (Å²) in [5, 5.41) is 3.46. The maximum Gasteiger partial charge on any atom is 0.0553 e. The monoisotopic (exact) mass is 292 g/mol. The van der Waals surface area contributed by atoms with Crippen LogP contribution < -0.4 is 5.32 Å². The average molecular weight is 293 g/mol. The minimum atomic E-state index is 0.850. The molecule has 0 aliphatic carbocycles. The van der Waals surface area contributed by atoms with Crippen LogP contribution in [0.4, 0.5) is 5.69 Å². The van der Waals surface area contributed by atoms with Gasteiger partial charge in [-0.25, -0.2) is 0 Å². The summed E-state index contributed by atoms with van der Waals surface area (Å²) in [6.45, 7) is 6.13. The maximum atomic E-state index is 3.56. The summed E-state index contributed by atoms with van der Waals surface area (Å²) < 4.78 is 3.36. The quantitative estimate of drug-likeness (QED) is 0.894. The molecule has 0 saturated heterocycles. The lowest BCUT2D eigenvalue weighted by molar-refractivity contribution is 0.724. The van der Waals surface area contributed by atoms with Crippen LogP contribution in [0.15, 0.2) is 41.0 Å². The second kappa shape index (κ2) is 5.41. The van der Waals surface area contributed by atoms with Crippen molar-refractivity contribution < 1.29 is 0 Å². The Morgan fingerprint density at radius 2 is 2.12 bits per heavy atom. The number of aromatic nitrogens is 1. The molecule has 2 aromatic rings. The topological polar surface area (TPSA) is 17.0 Å². The van der Waals surface area contributed by atoms with Crippen LogP contribution in [0.5, 0.6) is 0 Å². The van der Waals surface area contributed by atoms with E-state index in [1.807, 2.05) is 0 Å². The van der Waals surface area contributed by atoms with E-state index in [1.54, 1.807) is 0 Å². The lowest BCUT2D eigenvalue weighted by Crippen LogP contribution is -2.06. The third-order valence-electron chi connectivity index (χ3n) is 2.85. The van der Waals surface area contributed by atoms with Gasteiger partial charge in [-0.1, -0.05) is 6.07 Å². The highest BCUT2D eigenvalue weighted by Crippen LogP contribution is 2.23. The molecule has 0 aliphatic heterocycles. The van der Waals surface area contributed by atoms with Crippen molar-refractivity contribution in [3.63, 3.8) is 0 Å². The van der Waals surface area contributed by atoms with Gasteiger partial charge in [0.15, 0.2) is 0 Å². The van der Waals surface area contributed by atoms with Crippen LogP contribution in [0.25, 0.3) is 0 Å². The Morgan fingerprint density at radius 1 is 1.29 bits per heavy atom. The number of nitrogens with one attached hydrogen (secondary N) is 1. The summed E-state index contributed by atoms with van der Waals surface area (Å²) in [7, 11) is 0. The van der Waals surface area contributed by atoms with Gasteiger partial charge in [-0.2, -0.15) is 0 Å². The smallest absolute Gasteiger partial charge is 0.0553 e. The second-order valence-corrected chi connectivity index (χ2v) is 4.98. The van der Waals surface area contributed by atoms with Gasteiger partial charge in [0.05, 0.1) is 6.54 Å². The van der Waals surface area contributed by atoms with Crippen LogP contribution in [-0.2, 0) is 13.1 Å². The van der Waals surface area contributed by atoms with Crippen molar-refractivity contribution >= 4 is 21.6 Å². The molecule has 0 fully saturated rings. The van der Waals surface area contributed by atoms with Crippen molar-refractivity contribution in [3.8, 4) is 0 Å². The fourth-order valence-corrected chi connectivity index (χ4v) is 2.27. The van der Waals surface area contributed by atoms with Gasteiger partial charge in [0.25, 0.3) is 0 Å². The number of benzene rings is 1. The van der Waals surface area contributed by atoms with Crippen LogP contribution in [-0.4, -0.2) is 4.57 Å². The van der Waals surface area contributed by atoms with Gasteiger partial charge in [-0.05, 0) is 59.6 Å². The number of rotatable bonds is 4. The Hall–Kier alpha value is -1.22. The third-order valence-corrected chi connectivity index (χ3v) is 3.54. The van der Waals surface area contributed by atoms with E-state index in [-0.39, 0.29) is 0 Å². The van der Waals surface area contributed by atoms with E-state index in [2.05, 4.69) is 76.2 Å². The summed E-state index contributed by atoms with van der Waals surface area (Å²) in [6.07, 6.45) is 2.11. The molecule has 3 heteroatoms. The molecule has 0 amide bonds. The van der Waals surface area contributed by atoms with Crippen LogP contribution in [0, 0.1) is 6.92 Å². The molecular weight excluding hydrogens is 276 g/mol. The van der Waals surface area contributed by atoms with E-state index >= 15 is 0 Å². The van der Waals surface area contributed by atoms with Crippen LogP contribution >= 0.6 is 15.9 Å². The maximum absolute atomic E-state index is 3.56. The van der Waals surface area contributed by atoms with E-state index in [9.17, 15) is 0 Å². The predicted molar refractivity (Wildman–Crippen MR) is 76.3 cm³/mol. The summed E-state index contributed by atoms with van der Waals surface area (Å²) in [5.41, 5.74) is 3.72. The normalized spacial score (nSPS) is 10.5. The molecule has 1 aromatic carbocycles. The lowest BCUT2D eigenvalue weighted by atomic mass is 10.2. The molecule has 90 valence electrons. The minimum absolute atomic E-state index is 0.850. The summed E-state index contributed by atoms with van der Waals surface area (Å²) in [4.78, 5) is 0. The van der Waals surface area contributed by atoms with Gasteiger partial charge in [0.1, 0.15) is 0 Å². The van der Waals surface area contributed by atoms with Gasteiger partial charge in [-0.3, -0.25) is 0 Å². The molecule has 0 radical (unpaired) electrons. The van der Waals surface area contributed by atoms with Crippen molar-refractivity contribution in [2.45, 2.75) is 26.9 Å². The zero-order valence-electron chi connectivity index (χ0n) is 10.2. The first kappa shape index (κ1) is 12.2. The van der Waals surface area contributed by atoms with Crippen molar-refractivity contribution in [1.29, 1.82) is 0 Å². The van der Waals surface area contributed by atoms with Crippen molar-refractivity contribution in [3.05, 3.63) is 52.3 Å². The van der Waals surface area contributed by atoms with Gasteiger partial charge < -0.3 is 9.88 Å². The largest absolute Gasteiger partial charge is 0.379 e. The lowest BCUT2D eigenvalue weighted by Gasteiger charge is -2.11. The number of aryl methyl sites for hydroxylation is 2. The summed E-state index contributed by atoms with van der Waals surface area (Å²) in [5.74, 6) is 0. The second-order valence-electron chi connectivity index (χ2n) is 4.12. The summed E-state index contributed by atoms with van der Waals surface area (Å²) in [6, 6.07) is 10.6. The van der Waals surface area contributed by atoms with Gasteiger partial charge in [0, 0.05) is 28.6 Å². The first-order valence-electron chi connectivity index (χ1n) is 5.84. The third kappa shape index (κ3) is 2.91. The fourth-order valence-electron chi connectivity index (χ4n) is 1.88. The molecule has 0 spiro atoms. The Kier molecular flexibility index (Phi) is 3.89. The van der Waals surface area contributed by atoms with E-state index in [1.165, 1.54) is 11.3 Å². The molecule has 2 nitrogen and oxygen atoms in total. The average Bonchev–Trinajstić information content (AvgIpc) is 2.77. The van der Waals surface area contributed by atoms with Crippen molar-refractivity contribution in [2.24, 2.45) is 0 Å². The van der Waals surface area contributed by atoms with Crippen LogP contribution in [0.1, 0.15) is 18.2 Å². The highest BCUT2D eigenvalue weighted by molar-refractivity contribution is 9.10. The molecule has 0 aliphatic rings. The minimum Gasteiger partial charge on any atom is -0.379 e. The molecule has 17 heavy (non-hydrogen) atoms. The first-order chi connectivity index (χ1) is 8.20. The van der Waals surface area contributed by atoms with E-state index in [4.69, 9.17) is 0 Å². The molecular formula is C14H17BrN2. The molecule has 1 N–H and O–H groups in total. The van der Waals surface area contributed by atoms with Crippen LogP contribution in [0.3, 0.4) is 0 Å². The van der Waals surface area contributed by atoms with E-state index < -0.39 is 0 Å². The highest BCUT2D eigenvalue weighted by atomic mass is 79.9. The fraction of sp³-hybridized carbons (Fsp3) is 0.286. The Labute approximate surface area is 111 Å². The molecule has 0 unspecified atom stereocenters. The van der Waals surface area contributed by atoms with Crippen LogP contribution in [0.2, 0.25) is 0 Å². The molecule has 0 atom stereocenters. The van der Waals surface area contributed by atoms with E-state index in [0.29, 0.717) is 0 Å². The molecule has 0 saturated carbocycles. The number of nitrogens with zero attached hydrogens (tertiary/aromatic N) is 1. The SMILES string of the molecule is CCn1cccc1CNc1cc(C)ccc1Br.